The second-order valence-electron chi connectivity index (χ2n) is 3.85. The summed E-state index contributed by atoms with van der Waals surface area (Å²) in [6, 6.07) is 12.0. The van der Waals surface area contributed by atoms with Crippen LogP contribution in [0.15, 0.2) is 63.5 Å². The highest BCUT2D eigenvalue weighted by Gasteiger charge is 2.00. The van der Waals surface area contributed by atoms with E-state index in [0.29, 0.717) is 6.54 Å². The summed E-state index contributed by atoms with van der Waals surface area (Å²) in [7, 11) is 0. The van der Waals surface area contributed by atoms with Gasteiger partial charge in [-0.05, 0) is 36.4 Å². The second kappa shape index (κ2) is 5.62. The van der Waals surface area contributed by atoms with Crippen molar-refractivity contribution in [1.29, 1.82) is 0 Å². The number of furan rings is 1. The number of aromatic amines is 1. The molecule has 0 saturated carbocycles. The normalized spacial score (nSPS) is 10.5. The lowest BCUT2D eigenvalue weighted by Gasteiger charge is -2.05. The van der Waals surface area contributed by atoms with Crippen molar-refractivity contribution >= 4 is 17.4 Å². The van der Waals surface area contributed by atoms with Crippen molar-refractivity contribution < 1.29 is 4.42 Å². The summed E-state index contributed by atoms with van der Waals surface area (Å²) in [4.78, 5) is 5.18. The number of nitrogens with zero attached hydrogens (tertiary/aromatic N) is 2. The van der Waals surface area contributed by atoms with Gasteiger partial charge in [-0.3, -0.25) is 5.10 Å². The molecule has 3 aromatic rings. The molecule has 1 aromatic carbocycles. The lowest BCUT2D eigenvalue weighted by molar-refractivity contribution is 0.518. The largest absolute Gasteiger partial charge is 0.467 e. The summed E-state index contributed by atoms with van der Waals surface area (Å²) in [6.45, 7) is 0.682. The number of aromatic nitrogens is 3. The molecule has 0 unspecified atom stereocenters. The molecule has 2 heterocycles. The van der Waals surface area contributed by atoms with E-state index in [1.165, 1.54) is 6.33 Å². The van der Waals surface area contributed by atoms with Crippen LogP contribution in [0.5, 0.6) is 0 Å². The van der Waals surface area contributed by atoms with Gasteiger partial charge in [0.2, 0.25) is 0 Å². The fourth-order valence-corrected chi connectivity index (χ4v) is 2.29. The van der Waals surface area contributed by atoms with Gasteiger partial charge in [0.15, 0.2) is 5.16 Å². The number of nitrogens with one attached hydrogen (secondary N) is 2. The first-order chi connectivity index (χ1) is 9.40. The molecule has 19 heavy (non-hydrogen) atoms. The third-order valence-electron chi connectivity index (χ3n) is 2.51. The quantitative estimate of drug-likeness (QED) is 0.746. The Kier molecular flexibility index (Phi) is 3.51. The molecule has 0 aliphatic rings. The third-order valence-corrected chi connectivity index (χ3v) is 3.41. The Bertz CT molecular complexity index is 605. The van der Waals surface area contributed by atoms with Gasteiger partial charge in [0.1, 0.15) is 12.1 Å². The van der Waals surface area contributed by atoms with Crippen LogP contribution in [0.2, 0.25) is 0 Å². The van der Waals surface area contributed by atoms with Gasteiger partial charge in [-0.25, -0.2) is 4.98 Å². The van der Waals surface area contributed by atoms with Gasteiger partial charge in [-0.15, -0.1) is 0 Å². The Hall–Kier alpha value is -2.21. The summed E-state index contributed by atoms with van der Waals surface area (Å²) in [6.07, 6.45) is 3.18. The predicted octanol–water partition coefficient (Wildman–Crippen LogP) is 3.16. The van der Waals surface area contributed by atoms with E-state index in [-0.39, 0.29) is 0 Å². The Morgan fingerprint density at radius 2 is 2.11 bits per heavy atom. The van der Waals surface area contributed by atoms with Crippen LogP contribution < -0.4 is 5.32 Å². The Balaban J connectivity index is 1.59. The average molecular weight is 272 g/mol. The lowest BCUT2D eigenvalue weighted by atomic mass is 10.3. The molecule has 0 aliphatic heterocycles. The Labute approximate surface area is 114 Å². The van der Waals surface area contributed by atoms with Crippen molar-refractivity contribution in [2.24, 2.45) is 0 Å². The van der Waals surface area contributed by atoms with Crippen LogP contribution in [0, 0.1) is 0 Å². The summed E-state index contributed by atoms with van der Waals surface area (Å²) in [5.41, 5.74) is 1.05. The highest BCUT2D eigenvalue weighted by atomic mass is 32.2. The maximum atomic E-state index is 5.26. The molecule has 3 rings (SSSR count). The van der Waals surface area contributed by atoms with Gasteiger partial charge in [-0.1, -0.05) is 11.8 Å². The van der Waals surface area contributed by atoms with Crippen LogP contribution in [0.25, 0.3) is 0 Å². The molecular weight excluding hydrogens is 260 g/mol. The molecule has 0 atom stereocenters. The summed E-state index contributed by atoms with van der Waals surface area (Å²) >= 11 is 1.54. The highest BCUT2D eigenvalue weighted by molar-refractivity contribution is 7.99. The molecule has 0 aliphatic carbocycles. The minimum Gasteiger partial charge on any atom is -0.467 e. The fraction of sp³-hybridized carbons (Fsp3) is 0.0769. The average Bonchev–Trinajstić information content (AvgIpc) is 3.11. The van der Waals surface area contributed by atoms with Gasteiger partial charge in [0, 0.05) is 10.6 Å². The van der Waals surface area contributed by atoms with Gasteiger partial charge < -0.3 is 9.73 Å². The van der Waals surface area contributed by atoms with Crippen molar-refractivity contribution in [2.75, 3.05) is 5.32 Å². The summed E-state index contributed by atoms with van der Waals surface area (Å²) in [5.74, 6) is 0.917. The Morgan fingerprint density at radius 1 is 1.21 bits per heavy atom. The van der Waals surface area contributed by atoms with Crippen LogP contribution in [-0.4, -0.2) is 15.2 Å². The third kappa shape index (κ3) is 3.17. The number of rotatable bonds is 5. The monoisotopic (exact) mass is 272 g/mol. The number of hydrogen-bond donors (Lipinski definition) is 2. The van der Waals surface area contributed by atoms with Crippen LogP contribution >= 0.6 is 11.8 Å². The van der Waals surface area contributed by atoms with Crippen LogP contribution in [0.1, 0.15) is 5.76 Å². The lowest BCUT2D eigenvalue weighted by Crippen LogP contribution is -1.97. The van der Waals surface area contributed by atoms with E-state index in [4.69, 9.17) is 4.42 Å². The molecule has 0 radical (unpaired) electrons. The van der Waals surface area contributed by atoms with Crippen molar-refractivity contribution in [3.63, 3.8) is 0 Å². The second-order valence-corrected chi connectivity index (χ2v) is 4.91. The van der Waals surface area contributed by atoms with E-state index in [1.807, 2.05) is 36.4 Å². The standard InChI is InChI=1S/C13H12N4OS/c1-2-11(18-7-1)8-14-10-3-5-12(6-4-10)19-13-15-9-16-17-13/h1-7,9,14H,8H2,(H,15,16,17). The maximum Gasteiger partial charge on any atom is 0.188 e. The van der Waals surface area contributed by atoms with Gasteiger partial charge in [-0.2, -0.15) is 5.10 Å². The summed E-state index contributed by atoms with van der Waals surface area (Å²) in [5, 5.41) is 10.7. The van der Waals surface area contributed by atoms with Crippen LogP contribution in [0.3, 0.4) is 0 Å². The molecule has 0 bridgehead atoms. The zero-order chi connectivity index (χ0) is 12.9. The molecule has 0 amide bonds. The van der Waals surface area contributed by atoms with E-state index in [1.54, 1.807) is 18.0 Å². The smallest absolute Gasteiger partial charge is 0.188 e. The first kappa shape index (κ1) is 11.9. The molecule has 2 aromatic heterocycles. The van der Waals surface area contributed by atoms with E-state index < -0.39 is 0 Å². The number of H-pyrrole nitrogens is 1. The van der Waals surface area contributed by atoms with E-state index >= 15 is 0 Å². The SMILES string of the molecule is c1coc(CNc2ccc(Sc3ncn[nH]3)cc2)c1. The van der Waals surface area contributed by atoms with E-state index in [0.717, 1.165) is 21.5 Å². The van der Waals surface area contributed by atoms with Crippen molar-refractivity contribution in [3.8, 4) is 0 Å². The van der Waals surface area contributed by atoms with E-state index in [2.05, 4.69) is 20.5 Å². The van der Waals surface area contributed by atoms with Crippen LogP contribution in [-0.2, 0) is 6.54 Å². The topological polar surface area (TPSA) is 66.7 Å². The number of anilines is 1. The molecule has 0 spiro atoms. The first-order valence-electron chi connectivity index (χ1n) is 5.80. The Morgan fingerprint density at radius 3 is 2.79 bits per heavy atom. The number of benzene rings is 1. The van der Waals surface area contributed by atoms with Crippen LogP contribution in [0.4, 0.5) is 5.69 Å². The molecule has 6 heteroatoms. The molecular formula is C13H12N4OS. The highest BCUT2D eigenvalue weighted by Crippen LogP contribution is 2.25. The van der Waals surface area contributed by atoms with Gasteiger partial charge in [0.05, 0.1) is 12.8 Å². The molecule has 0 saturated heterocycles. The molecule has 0 fully saturated rings. The minimum atomic E-state index is 0.682. The summed E-state index contributed by atoms with van der Waals surface area (Å²) < 4.78 is 5.26. The predicted molar refractivity (Wildman–Crippen MR) is 73.0 cm³/mol. The molecule has 96 valence electrons. The maximum absolute atomic E-state index is 5.26. The van der Waals surface area contributed by atoms with Gasteiger partial charge >= 0.3 is 0 Å². The van der Waals surface area contributed by atoms with Crippen molar-refractivity contribution in [3.05, 3.63) is 54.7 Å². The number of hydrogen-bond acceptors (Lipinski definition) is 5. The first-order valence-corrected chi connectivity index (χ1v) is 6.61. The molecule has 2 N–H and O–H groups in total. The fourth-order valence-electron chi connectivity index (χ4n) is 1.60. The van der Waals surface area contributed by atoms with Crippen molar-refractivity contribution in [2.45, 2.75) is 16.6 Å². The van der Waals surface area contributed by atoms with E-state index in [9.17, 15) is 0 Å². The van der Waals surface area contributed by atoms with Crippen molar-refractivity contribution in [1.82, 2.24) is 15.2 Å². The zero-order valence-electron chi connectivity index (χ0n) is 10.0. The minimum absolute atomic E-state index is 0.682. The zero-order valence-corrected chi connectivity index (χ0v) is 10.9. The van der Waals surface area contributed by atoms with Gasteiger partial charge in [0.25, 0.3) is 0 Å². The molecule has 5 nitrogen and oxygen atoms in total.